The molecule has 0 radical (unpaired) electrons. The molecule has 0 saturated heterocycles. The van der Waals surface area contributed by atoms with Crippen LogP contribution in [0.3, 0.4) is 0 Å². The SMILES string of the molecule is c1ccc(-c2cc(-c3cc(-c4ccc5oc6ccccc6c5c4)ccc3-c3ccc4oc5ccccc5c4c3)nc(-c3cccc4ccccc34)n2)cc1. The van der Waals surface area contributed by atoms with Gasteiger partial charge in [-0.3, -0.25) is 0 Å². The molecule has 11 aromatic rings. The summed E-state index contributed by atoms with van der Waals surface area (Å²) in [4.78, 5) is 10.6. The Morgan fingerprint density at radius 2 is 0.852 bits per heavy atom. The summed E-state index contributed by atoms with van der Waals surface area (Å²) in [5, 5.41) is 6.64. The molecule has 54 heavy (non-hydrogen) atoms. The number of hydrogen-bond donors (Lipinski definition) is 0. The molecule has 252 valence electrons. The molecular weight excluding hydrogens is 661 g/mol. The van der Waals surface area contributed by atoms with Crippen LogP contribution >= 0.6 is 0 Å². The Morgan fingerprint density at radius 1 is 0.296 bits per heavy atom. The third-order valence-electron chi connectivity index (χ3n) is 10.5. The Hall–Kier alpha value is -7.30. The van der Waals surface area contributed by atoms with Crippen molar-refractivity contribution >= 4 is 54.6 Å². The van der Waals surface area contributed by atoms with Gasteiger partial charge in [-0.1, -0.05) is 133 Å². The van der Waals surface area contributed by atoms with Gasteiger partial charge in [-0.25, -0.2) is 9.97 Å². The van der Waals surface area contributed by atoms with Gasteiger partial charge in [0.05, 0.1) is 11.4 Å². The van der Waals surface area contributed by atoms with Crippen molar-refractivity contribution in [2.45, 2.75) is 0 Å². The first-order valence-corrected chi connectivity index (χ1v) is 18.1. The Labute approximate surface area is 310 Å². The number of aromatic nitrogens is 2. The van der Waals surface area contributed by atoms with Gasteiger partial charge < -0.3 is 8.83 Å². The molecule has 0 fully saturated rings. The van der Waals surface area contributed by atoms with Gasteiger partial charge in [0.1, 0.15) is 22.3 Å². The number of nitrogens with zero attached hydrogens (tertiary/aromatic N) is 2. The van der Waals surface area contributed by atoms with Crippen molar-refractivity contribution in [1.82, 2.24) is 9.97 Å². The average molecular weight is 691 g/mol. The highest BCUT2D eigenvalue weighted by molar-refractivity contribution is 6.08. The van der Waals surface area contributed by atoms with Crippen LogP contribution in [0.1, 0.15) is 0 Å². The van der Waals surface area contributed by atoms with Crippen molar-refractivity contribution < 1.29 is 8.83 Å². The number of furan rings is 2. The van der Waals surface area contributed by atoms with Crippen LogP contribution in [-0.2, 0) is 0 Å². The van der Waals surface area contributed by atoms with Crippen LogP contribution < -0.4 is 0 Å². The molecule has 0 saturated carbocycles. The smallest absolute Gasteiger partial charge is 0.161 e. The maximum Gasteiger partial charge on any atom is 0.161 e. The van der Waals surface area contributed by atoms with Crippen LogP contribution in [0.2, 0.25) is 0 Å². The third kappa shape index (κ3) is 5.00. The summed E-state index contributed by atoms with van der Waals surface area (Å²) in [6.07, 6.45) is 0. The van der Waals surface area contributed by atoms with Crippen molar-refractivity contribution in [3.63, 3.8) is 0 Å². The lowest BCUT2D eigenvalue weighted by molar-refractivity contribution is 0.668. The third-order valence-corrected chi connectivity index (χ3v) is 10.5. The summed E-state index contributed by atoms with van der Waals surface area (Å²) in [7, 11) is 0. The normalized spacial score (nSPS) is 11.7. The van der Waals surface area contributed by atoms with E-state index in [4.69, 9.17) is 18.8 Å². The molecule has 3 aromatic heterocycles. The van der Waals surface area contributed by atoms with Crippen molar-refractivity contribution in [2.75, 3.05) is 0 Å². The van der Waals surface area contributed by atoms with Gasteiger partial charge in [0, 0.05) is 38.2 Å². The molecule has 0 amide bonds. The second-order valence-corrected chi connectivity index (χ2v) is 13.7. The number of rotatable bonds is 5. The quantitative estimate of drug-likeness (QED) is 0.180. The van der Waals surface area contributed by atoms with Gasteiger partial charge in [0.2, 0.25) is 0 Å². The van der Waals surface area contributed by atoms with Crippen molar-refractivity contribution in [1.29, 1.82) is 0 Å². The molecule has 3 heterocycles. The second kappa shape index (κ2) is 12.1. The van der Waals surface area contributed by atoms with Crippen LogP contribution in [0, 0.1) is 0 Å². The second-order valence-electron chi connectivity index (χ2n) is 13.7. The molecule has 0 aliphatic rings. The zero-order valence-corrected chi connectivity index (χ0v) is 29.0. The lowest BCUT2D eigenvalue weighted by Gasteiger charge is -2.16. The minimum Gasteiger partial charge on any atom is -0.456 e. The molecule has 0 aliphatic carbocycles. The average Bonchev–Trinajstić information content (AvgIpc) is 3.81. The molecule has 4 nitrogen and oxygen atoms in total. The maximum atomic E-state index is 6.23. The standard InChI is InChI=1S/C50H30N2O2/c1-2-12-32(13-3-1)44-30-45(52-50(51-44)40-18-10-14-31-11-4-5-15-36(31)40)41-27-33(34-22-25-48-42(28-34)38-16-6-8-19-46(38)53-48)21-24-37(41)35-23-26-49-43(29-35)39-17-7-9-20-47(39)54-49/h1-30H. The van der Waals surface area contributed by atoms with Gasteiger partial charge >= 0.3 is 0 Å². The number of para-hydroxylation sites is 2. The minimum absolute atomic E-state index is 0.682. The van der Waals surface area contributed by atoms with E-state index in [1.54, 1.807) is 0 Å². The number of benzene rings is 8. The predicted octanol–water partition coefficient (Wildman–Crippen LogP) is 13.8. The van der Waals surface area contributed by atoms with Gasteiger partial charge in [-0.05, 0) is 81.6 Å². The first-order valence-electron chi connectivity index (χ1n) is 18.1. The van der Waals surface area contributed by atoms with Crippen LogP contribution in [0.5, 0.6) is 0 Å². The van der Waals surface area contributed by atoms with E-state index in [0.717, 1.165) is 105 Å². The topological polar surface area (TPSA) is 52.1 Å². The highest BCUT2D eigenvalue weighted by Gasteiger charge is 2.18. The van der Waals surface area contributed by atoms with Crippen molar-refractivity contribution in [3.05, 3.63) is 182 Å². The molecule has 0 unspecified atom stereocenters. The Balaban J connectivity index is 1.18. The van der Waals surface area contributed by atoms with Crippen LogP contribution in [0.25, 0.3) is 111 Å². The highest BCUT2D eigenvalue weighted by Crippen LogP contribution is 2.41. The maximum absolute atomic E-state index is 6.23. The Bertz CT molecular complexity index is 3220. The fraction of sp³-hybridized carbons (Fsp3) is 0. The van der Waals surface area contributed by atoms with Crippen LogP contribution in [0.4, 0.5) is 0 Å². The zero-order chi connectivity index (χ0) is 35.6. The van der Waals surface area contributed by atoms with E-state index in [9.17, 15) is 0 Å². The van der Waals surface area contributed by atoms with Crippen molar-refractivity contribution in [2.24, 2.45) is 0 Å². The van der Waals surface area contributed by atoms with Crippen molar-refractivity contribution in [3.8, 4) is 56.2 Å². The van der Waals surface area contributed by atoms with E-state index in [2.05, 4.69) is 152 Å². The lowest BCUT2D eigenvalue weighted by atomic mass is 9.91. The van der Waals surface area contributed by atoms with E-state index < -0.39 is 0 Å². The van der Waals surface area contributed by atoms with E-state index in [1.165, 1.54) is 0 Å². The highest BCUT2D eigenvalue weighted by atomic mass is 16.3. The first kappa shape index (κ1) is 30.3. The fourth-order valence-electron chi connectivity index (χ4n) is 7.87. The molecule has 11 rings (SSSR count). The van der Waals surface area contributed by atoms with Gasteiger partial charge in [0.25, 0.3) is 0 Å². The molecular formula is C50H30N2O2. The molecule has 0 bridgehead atoms. The largest absolute Gasteiger partial charge is 0.456 e. The summed E-state index contributed by atoms with van der Waals surface area (Å²) >= 11 is 0. The predicted molar refractivity (Wildman–Crippen MR) is 221 cm³/mol. The molecule has 0 aliphatic heterocycles. The molecule has 8 aromatic carbocycles. The summed E-state index contributed by atoms with van der Waals surface area (Å²) in [5.41, 5.74) is 12.6. The minimum atomic E-state index is 0.682. The summed E-state index contributed by atoms with van der Waals surface area (Å²) in [5.74, 6) is 0.682. The monoisotopic (exact) mass is 690 g/mol. The van der Waals surface area contributed by atoms with E-state index in [1.807, 2.05) is 30.3 Å². The fourth-order valence-corrected chi connectivity index (χ4v) is 7.87. The Kier molecular flexibility index (Phi) is 6.82. The zero-order valence-electron chi connectivity index (χ0n) is 29.0. The van der Waals surface area contributed by atoms with Gasteiger partial charge in [-0.2, -0.15) is 0 Å². The number of fused-ring (bicyclic) bond motifs is 7. The summed E-state index contributed by atoms with van der Waals surface area (Å²) in [6.45, 7) is 0. The Morgan fingerprint density at radius 3 is 1.61 bits per heavy atom. The van der Waals surface area contributed by atoms with Crippen LogP contribution in [-0.4, -0.2) is 9.97 Å². The van der Waals surface area contributed by atoms with Crippen LogP contribution in [0.15, 0.2) is 191 Å². The van der Waals surface area contributed by atoms with E-state index in [-0.39, 0.29) is 0 Å². The molecule has 0 spiro atoms. The lowest BCUT2D eigenvalue weighted by Crippen LogP contribution is -1.98. The first-order chi connectivity index (χ1) is 26.7. The molecule has 0 N–H and O–H groups in total. The summed E-state index contributed by atoms with van der Waals surface area (Å²) < 4.78 is 12.4. The number of hydrogen-bond acceptors (Lipinski definition) is 4. The van der Waals surface area contributed by atoms with Gasteiger partial charge in [-0.15, -0.1) is 0 Å². The summed E-state index contributed by atoms with van der Waals surface area (Å²) in [6, 6.07) is 63.4. The van der Waals surface area contributed by atoms with E-state index >= 15 is 0 Å². The molecule has 0 atom stereocenters. The van der Waals surface area contributed by atoms with E-state index in [0.29, 0.717) is 5.82 Å². The molecule has 4 heteroatoms. The van der Waals surface area contributed by atoms with Gasteiger partial charge in [0.15, 0.2) is 5.82 Å².